The molecule has 0 aliphatic carbocycles. The Morgan fingerprint density at radius 3 is 2.50 bits per heavy atom. The van der Waals surface area contributed by atoms with E-state index in [0.29, 0.717) is 18.0 Å². The molecule has 1 atom stereocenters. The molecule has 2 aliphatic heterocycles. The van der Waals surface area contributed by atoms with E-state index in [-0.39, 0.29) is 11.8 Å². The van der Waals surface area contributed by atoms with Crippen molar-refractivity contribution < 1.29 is 9.59 Å². The van der Waals surface area contributed by atoms with E-state index in [1.807, 2.05) is 52.3 Å². The number of carbonyl (C=O) groups excluding carboxylic acids is 2. The van der Waals surface area contributed by atoms with Crippen LogP contribution in [0.2, 0.25) is 0 Å². The van der Waals surface area contributed by atoms with Crippen LogP contribution in [0.15, 0.2) is 48.7 Å². The number of amides is 2. The minimum absolute atomic E-state index is 0.0703. The summed E-state index contributed by atoms with van der Waals surface area (Å²) >= 11 is 0. The molecule has 2 fully saturated rings. The average molecular weight is 352 g/mol. The van der Waals surface area contributed by atoms with Crippen LogP contribution in [-0.4, -0.2) is 65.9 Å². The maximum Gasteiger partial charge on any atom is 0.270 e. The van der Waals surface area contributed by atoms with Crippen molar-refractivity contribution in [3.05, 3.63) is 54.4 Å². The Kier molecular flexibility index (Phi) is 4.75. The van der Waals surface area contributed by atoms with Crippen molar-refractivity contribution in [1.29, 1.82) is 0 Å². The summed E-state index contributed by atoms with van der Waals surface area (Å²) in [4.78, 5) is 33.9. The monoisotopic (exact) mass is 352 g/mol. The molecule has 3 heterocycles. The Hall–Kier alpha value is -2.60. The molecule has 1 aromatic carbocycles. The highest BCUT2D eigenvalue weighted by atomic mass is 16.2. The van der Waals surface area contributed by atoms with Crippen LogP contribution in [0.4, 0.5) is 5.69 Å². The number of hydrogen-bond donors (Lipinski definition) is 1. The summed E-state index contributed by atoms with van der Waals surface area (Å²) in [6, 6.07) is 13.6. The summed E-state index contributed by atoms with van der Waals surface area (Å²) in [5, 5.41) is 0. The SMILES string of the molecule is O=C(c1ccc[nH]1)N1CCN(CC2CC(=O)N(c3ccccc3)C2)CC1. The molecule has 6 heteroatoms. The quantitative estimate of drug-likeness (QED) is 0.913. The van der Waals surface area contributed by atoms with Gasteiger partial charge < -0.3 is 14.8 Å². The van der Waals surface area contributed by atoms with E-state index >= 15 is 0 Å². The van der Waals surface area contributed by atoms with E-state index < -0.39 is 0 Å². The highest BCUT2D eigenvalue weighted by molar-refractivity contribution is 5.95. The lowest BCUT2D eigenvalue weighted by Crippen LogP contribution is -2.50. The molecule has 0 saturated carbocycles. The number of aromatic nitrogens is 1. The number of nitrogens with zero attached hydrogens (tertiary/aromatic N) is 3. The molecule has 6 nitrogen and oxygen atoms in total. The molecule has 1 aromatic heterocycles. The first-order chi connectivity index (χ1) is 12.7. The molecule has 2 amide bonds. The summed E-state index contributed by atoms with van der Waals surface area (Å²) in [6.45, 7) is 4.90. The molecule has 2 aliphatic rings. The molecule has 0 spiro atoms. The van der Waals surface area contributed by atoms with Gasteiger partial charge in [-0.3, -0.25) is 14.5 Å². The molecule has 1 N–H and O–H groups in total. The number of anilines is 1. The minimum atomic E-state index is 0.0703. The number of H-pyrrole nitrogens is 1. The number of carbonyl (C=O) groups is 2. The Bertz CT molecular complexity index is 751. The maximum absolute atomic E-state index is 12.4. The lowest BCUT2D eigenvalue weighted by atomic mass is 10.1. The third-order valence-electron chi connectivity index (χ3n) is 5.28. The molecule has 26 heavy (non-hydrogen) atoms. The van der Waals surface area contributed by atoms with Gasteiger partial charge in [-0.2, -0.15) is 0 Å². The second-order valence-electron chi connectivity index (χ2n) is 7.09. The molecular weight excluding hydrogens is 328 g/mol. The largest absolute Gasteiger partial charge is 0.357 e. The number of aromatic amines is 1. The number of hydrogen-bond acceptors (Lipinski definition) is 3. The topological polar surface area (TPSA) is 59.7 Å². The summed E-state index contributed by atoms with van der Waals surface area (Å²) in [6.07, 6.45) is 2.38. The second kappa shape index (κ2) is 7.33. The normalized spacial score (nSPS) is 21.4. The number of piperazine rings is 1. The van der Waals surface area contributed by atoms with Gasteiger partial charge in [-0.25, -0.2) is 0 Å². The van der Waals surface area contributed by atoms with Crippen molar-refractivity contribution in [3.8, 4) is 0 Å². The van der Waals surface area contributed by atoms with Crippen LogP contribution in [0, 0.1) is 5.92 Å². The van der Waals surface area contributed by atoms with Gasteiger partial charge in [0.15, 0.2) is 0 Å². The maximum atomic E-state index is 12.4. The van der Waals surface area contributed by atoms with Crippen molar-refractivity contribution in [1.82, 2.24) is 14.8 Å². The van der Waals surface area contributed by atoms with E-state index in [9.17, 15) is 9.59 Å². The fourth-order valence-corrected chi connectivity index (χ4v) is 3.89. The summed E-state index contributed by atoms with van der Waals surface area (Å²) in [5.41, 5.74) is 1.64. The molecule has 1 unspecified atom stereocenters. The van der Waals surface area contributed by atoms with Gasteiger partial charge in [-0.1, -0.05) is 18.2 Å². The van der Waals surface area contributed by atoms with Crippen molar-refractivity contribution in [2.75, 3.05) is 44.2 Å². The fourth-order valence-electron chi connectivity index (χ4n) is 3.89. The van der Waals surface area contributed by atoms with Crippen molar-refractivity contribution in [3.63, 3.8) is 0 Å². The highest BCUT2D eigenvalue weighted by Crippen LogP contribution is 2.25. The Labute approximate surface area is 153 Å². The van der Waals surface area contributed by atoms with Gasteiger partial charge >= 0.3 is 0 Å². The zero-order valence-corrected chi connectivity index (χ0v) is 14.8. The zero-order valence-electron chi connectivity index (χ0n) is 14.8. The van der Waals surface area contributed by atoms with Gasteiger partial charge in [0.25, 0.3) is 5.91 Å². The molecule has 0 radical (unpaired) electrons. The number of para-hydroxylation sites is 1. The Morgan fingerprint density at radius 2 is 1.81 bits per heavy atom. The lowest BCUT2D eigenvalue weighted by molar-refractivity contribution is -0.117. The van der Waals surface area contributed by atoms with Crippen LogP contribution in [0.3, 0.4) is 0 Å². The van der Waals surface area contributed by atoms with Gasteiger partial charge in [0.2, 0.25) is 5.91 Å². The fraction of sp³-hybridized carbons (Fsp3) is 0.400. The average Bonchev–Trinajstić information content (AvgIpc) is 3.32. The van der Waals surface area contributed by atoms with E-state index in [1.165, 1.54) is 0 Å². The molecule has 2 saturated heterocycles. The van der Waals surface area contributed by atoms with Crippen molar-refractivity contribution >= 4 is 17.5 Å². The number of rotatable bonds is 4. The molecular formula is C20H24N4O2. The summed E-state index contributed by atoms with van der Waals surface area (Å²) in [7, 11) is 0. The minimum Gasteiger partial charge on any atom is -0.357 e. The standard InChI is InChI=1S/C20H24N4O2/c25-19-13-16(15-24(19)17-5-2-1-3-6-17)14-22-9-11-23(12-10-22)20(26)18-7-4-8-21-18/h1-8,16,21H,9-15H2. The van der Waals surface area contributed by atoms with Crippen LogP contribution >= 0.6 is 0 Å². The van der Waals surface area contributed by atoms with Gasteiger partial charge in [-0.05, 0) is 30.2 Å². The van der Waals surface area contributed by atoms with E-state index in [2.05, 4.69) is 9.88 Å². The summed E-state index contributed by atoms with van der Waals surface area (Å²) < 4.78 is 0. The second-order valence-corrected chi connectivity index (χ2v) is 7.09. The Morgan fingerprint density at radius 1 is 1.04 bits per heavy atom. The van der Waals surface area contributed by atoms with Crippen LogP contribution in [0.25, 0.3) is 0 Å². The van der Waals surface area contributed by atoms with E-state index in [1.54, 1.807) is 6.20 Å². The van der Waals surface area contributed by atoms with Crippen molar-refractivity contribution in [2.45, 2.75) is 6.42 Å². The molecule has 0 bridgehead atoms. The predicted molar refractivity (Wildman–Crippen MR) is 100 cm³/mol. The summed E-state index contributed by atoms with van der Waals surface area (Å²) in [5.74, 6) is 0.635. The van der Waals surface area contributed by atoms with Gasteiger partial charge in [0.05, 0.1) is 0 Å². The molecule has 2 aromatic rings. The third-order valence-corrected chi connectivity index (χ3v) is 5.28. The first kappa shape index (κ1) is 16.8. The van der Waals surface area contributed by atoms with Crippen LogP contribution in [0.1, 0.15) is 16.9 Å². The molecule has 4 rings (SSSR count). The van der Waals surface area contributed by atoms with Crippen LogP contribution in [-0.2, 0) is 4.79 Å². The Balaban J connectivity index is 1.29. The highest BCUT2D eigenvalue weighted by Gasteiger charge is 2.32. The van der Waals surface area contributed by atoms with Gasteiger partial charge in [0, 0.05) is 57.6 Å². The molecule has 136 valence electrons. The van der Waals surface area contributed by atoms with E-state index in [4.69, 9.17) is 0 Å². The van der Waals surface area contributed by atoms with Crippen LogP contribution in [0.5, 0.6) is 0 Å². The van der Waals surface area contributed by atoms with Gasteiger partial charge in [-0.15, -0.1) is 0 Å². The third kappa shape index (κ3) is 3.51. The van der Waals surface area contributed by atoms with E-state index in [0.717, 1.165) is 45.0 Å². The zero-order chi connectivity index (χ0) is 17.9. The number of nitrogens with one attached hydrogen (secondary N) is 1. The van der Waals surface area contributed by atoms with Crippen LogP contribution < -0.4 is 4.90 Å². The van der Waals surface area contributed by atoms with Crippen molar-refractivity contribution in [2.24, 2.45) is 5.92 Å². The smallest absolute Gasteiger partial charge is 0.270 e. The van der Waals surface area contributed by atoms with Gasteiger partial charge in [0.1, 0.15) is 5.69 Å². The first-order valence-electron chi connectivity index (χ1n) is 9.21. The lowest BCUT2D eigenvalue weighted by Gasteiger charge is -2.35. The number of benzene rings is 1. The first-order valence-corrected chi connectivity index (χ1v) is 9.21. The predicted octanol–water partition coefficient (Wildman–Crippen LogP) is 1.83.